The number of carbonyl (C=O) groups excluding carboxylic acids is 1. The Labute approximate surface area is 121 Å². The highest BCUT2D eigenvalue weighted by molar-refractivity contribution is 5.86. The second kappa shape index (κ2) is 7.60. The maximum Gasteiger partial charge on any atom is 0.333 e. The van der Waals surface area contributed by atoms with Crippen molar-refractivity contribution in [1.82, 2.24) is 0 Å². The summed E-state index contributed by atoms with van der Waals surface area (Å²) in [5.74, 6) is -0.346. The Balaban J connectivity index is 0.00000324. The zero-order valence-corrected chi connectivity index (χ0v) is 12.9. The number of rotatable bonds is 6. The zero-order chi connectivity index (χ0) is 13.8. The van der Waals surface area contributed by atoms with Gasteiger partial charge in [-0.1, -0.05) is 6.58 Å². The summed E-state index contributed by atoms with van der Waals surface area (Å²) in [6, 6.07) is 0.108. The molecule has 1 aliphatic heterocycles. The van der Waals surface area contributed by atoms with E-state index in [-0.39, 0.29) is 24.4 Å². The van der Waals surface area contributed by atoms with Gasteiger partial charge in [-0.2, -0.15) is 0 Å². The number of hydrogen-bond donors (Lipinski definition) is 0. The van der Waals surface area contributed by atoms with Gasteiger partial charge in [0.1, 0.15) is 19.7 Å². The number of esters is 1. The Kier molecular flexibility index (Phi) is 7.23. The van der Waals surface area contributed by atoms with E-state index in [1.54, 1.807) is 6.92 Å². The molecule has 1 saturated heterocycles. The molecule has 0 bridgehead atoms. The first kappa shape index (κ1) is 18.1. The van der Waals surface area contributed by atoms with Gasteiger partial charge in [0.2, 0.25) is 6.04 Å². The maximum absolute atomic E-state index is 11.5. The summed E-state index contributed by atoms with van der Waals surface area (Å²) in [5.41, 5.74) is 0.418. The third kappa shape index (κ3) is 6.16. The summed E-state index contributed by atoms with van der Waals surface area (Å²) in [6.07, 6.45) is 1.95. The van der Waals surface area contributed by atoms with Gasteiger partial charge in [-0.25, -0.2) is 4.79 Å². The van der Waals surface area contributed by atoms with Gasteiger partial charge in [0.05, 0.1) is 14.1 Å². The quantitative estimate of drug-likeness (QED) is 0.323. The van der Waals surface area contributed by atoms with Crippen LogP contribution in [0.2, 0.25) is 0 Å². The molecular formula is C13H25ClN2O3+2. The van der Waals surface area contributed by atoms with Gasteiger partial charge in [0.15, 0.2) is 6.54 Å². The number of ether oxygens (including phenoxy) is 1. The Morgan fingerprint density at radius 2 is 2.11 bits per heavy atom. The number of hydrogen-bond acceptors (Lipinski definition) is 3. The first-order valence-electron chi connectivity index (χ1n) is 6.40. The van der Waals surface area contributed by atoms with Crippen molar-refractivity contribution in [2.75, 3.05) is 40.3 Å². The minimum absolute atomic E-state index is 0. The van der Waals surface area contributed by atoms with Crippen molar-refractivity contribution in [3.8, 4) is 0 Å². The molecule has 0 aliphatic carbocycles. The molecule has 0 aromatic heterocycles. The van der Waals surface area contributed by atoms with E-state index in [0.717, 1.165) is 19.4 Å². The van der Waals surface area contributed by atoms with Crippen molar-refractivity contribution in [3.05, 3.63) is 17.1 Å². The molecule has 0 aromatic rings. The number of nitroso groups, excluding NO2 is 1. The van der Waals surface area contributed by atoms with Gasteiger partial charge in [-0.05, 0) is 6.92 Å². The molecule has 1 fully saturated rings. The molecule has 1 heterocycles. The lowest BCUT2D eigenvalue weighted by molar-refractivity contribution is -0.902. The monoisotopic (exact) mass is 292 g/mol. The molecule has 0 N–H and O–H groups in total. The van der Waals surface area contributed by atoms with Crippen LogP contribution in [0, 0.1) is 4.91 Å². The van der Waals surface area contributed by atoms with Crippen molar-refractivity contribution in [2.24, 2.45) is 0 Å². The van der Waals surface area contributed by atoms with Crippen LogP contribution in [-0.4, -0.2) is 61.6 Å². The lowest BCUT2D eigenvalue weighted by atomic mass is 10.2. The van der Waals surface area contributed by atoms with Crippen LogP contribution in [0.5, 0.6) is 0 Å². The van der Waals surface area contributed by atoms with Gasteiger partial charge >= 0.3 is 5.97 Å². The van der Waals surface area contributed by atoms with E-state index >= 15 is 0 Å². The first-order chi connectivity index (χ1) is 8.32. The maximum atomic E-state index is 11.5. The third-order valence-corrected chi connectivity index (χ3v) is 3.31. The van der Waals surface area contributed by atoms with E-state index < -0.39 is 0 Å². The van der Waals surface area contributed by atoms with Gasteiger partial charge in [-0.15, -0.1) is 12.4 Å². The molecule has 1 atom stereocenters. The van der Waals surface area contributed by atoms with Crippen LogP contribution in [0.25, 0.3) is 0 Å². The summed E-state index contributed by atoms with van der Waals surface area (Å²) >= 11 is 0. The average Bonchev–Trinajstić information content (AvgIpc) is 2.63. The van der Waals surface area contributed by atoms with Crippen LogP contribution in [-0.2, 0) is 9.53 Å². The molecule has 0 amide bonds. The van der Waals surface area contributed by atoms with Crippen molar-refractivity contribution in [3.63, 3.8) is 0 Å². The van der Waals surface area contributed by atoms with E-state index in [9.17, 15) is 9.70 Å². The fraction of sp³-hybridized carbons (Fsp3) is 0.769. The van der Waals surface area contributed by atoms with Gasteiger partial charge in [-0.3, -0.25) is 0 Å². The number of quaternary nitrogens is 1. The van der Waals surface area contributed by atoms with Crippen LogP contribution in [0.1, 0.15) is 19.8 Å². The minimum Gasteiger partial charge on any atom is -0.456 e. The normalized spacial score (nSPS) is 18.9. The van der Waals surface area contributed by atoms with Crippen LogP contribution < -0.4 is 0 Å². The standard InChI is InChI=1S/C13H24N2O3.ClH/c1-11(2)13(16)18-9-8-15(3,4)10-12-6-5-7-14(12)17;/h12H,1,5-10H2,2-4H3;1H/q+2;. The van der Waals surface area contributed by atoms with Crippen molar-refractivity contribution in [1.29, 1.82) is 0 Å². The average molecular weight is 293 g/mol. The summed E-state index contributed by atoms with van der Waals surface area (Å²) in [6.45, 7) is 7.70. The SMILES string of the molecule is C=C(C)C(=O)OCC[N+](C)(C)CC1CCC[N+]1=O.Cl. The molecule has 0 spiro atoms. The smallest absolute Gasteiger partial charge is 0.333 e. The molecule has 1 unspecified atom stereocenters. The topological polar surface area (TPSA) is 46.4 Å². The lowest BCUT2D eigenvalue weighted by Gasteiger charge is -2.29. The van der Waals surface area contributed by atoms with E-state index in [4.69, 9.17) is 4.74 Å². The molecule has 0 radical (unpaired) electrons. The molecule has 1 aliphatic rings. The van der Waals surface area contributed by atoms with Crippen LogP contribution in [0.3, 0.4) is 0 Å². The number of carbonyl (C=O) groups is 1. The Morgan fingerprint density at radius 3 is 2.58 bits per heavy atom. The molecule has 6 heteroatoms. The van der Waals surface area contributed by atoms with E-state index in [1.165, 1.54) is 4.76 Å². The van der Waals surface area contributed by atoms with Crippen LogP contribution in [0.15, 0.2) is 12.2 Å². The highest BCUT2D eigenvalue weighted by Crippen LogP contribution is 2.14. The fourth-order valence-electron chi connectivity index (χ4n) is 2.16. The van der Waals surface area contributed by atoms with Crippen molar-refractivity contribution < 1.29 is 18.8 Å². The second-order valence-corrected chi connectivity index (χ2v) is 5.69. The second-order valence-electron chi connectivity index (χ2n) is 5.69. The van der Waals surface area contributed by atoms with Crippen molar-refractivity contribution in [2.45, 2.75) is 25.8 Å². The molecule has 5 nitrogen and oxygen atoms in total. The summed E-state index contributed by atoms with van der Waals surface area (Å²) < 4.78 is 6.95. The summed E-state index contributed by atoms with van der Waals surface area (Å²) in [4.78, 5) is 22.8. The molecule has 110 valence electrons. The molecule has 0 aromatic carbocycles. The number of nitrogens with zero attached hydrogens (tertiary/aromatic N) is 2. The lowest BCUT2D eigenvalue weighted by Crippen LogP contribution is -2.48. The largest absolute Gasteiger partial charge is 0.456 e. The Bertz CT molecular complexity index is 356. The molecule has 19 heavy (non-hydrogen) atoms. The Morgan fingerprint density at radius 1 is 1.47 bits per heavy atom. The predicted molar refractivity (Wildman–Crippen MR) is 76.4 cm³/mol. The highest BCUT2D eigenvalue weighted by atomic mass is 35.5. The first-order valence-corrected chi connectivity index (χ1v) is 6.40. The minimum atomic E-state index is -0.346. The third-order valence-electron chi connectivity index (χ3n) is 3.31. The zero-order valence-electron chi connectivity index (χ0n) is 12.1. The van der Waals surface area contributed by atoms with E-state index in [0.29, 0.717) is 29.8 Å². The summed E-state index contributed by atoms with van der Waals surface area (Å²) in [5, 5.41) is 0. The fourth-order valence-corrected chi connectivity index (χ4v) is 2.16. The summed E-state index contributed by atoms with van der Waals surface area (Å²) in [7, 11) is 4.11. The van der Waals surface area contributed by atoms with E-state index in [1.807, 2.05) is 0 Å². The van der Waals surface area contributed by atoms with Gasteiger partial charge in [0.25, 0.3) is 0 Å². The molecule has 0 saturated carbocycles. The van der Waals surface area contributed by atoms with E-state index in [2.05, 4.69) is 20.7 Å². The number of likely N-dealkylation sites (N-methyl/N-ethyl adjacent to an activating group) is 1. The van der Waals surface area contributed by atoms with Gasteiger partial charge in [0, 0.05) is 28.1 Å². The van der Waals surface area contributed by atoms with Crippen molar-refractivity contribution >= 4 is 18.4 Å². The molecule has 1 rings (SSSR count). The predicted octanol–water partition coefficient (Wildman–Crippen LogP) is 1.55. The van der Waals surface area contributed by atoms with Gasteiger partial charge < -0.3 is 9.22 Å². The highest BCUT2D eigenvalue weighted by Gasteiger charge is 2.37. The molecular weight excluding hydrogens is 268 g/mol. The number of halogens is 1. The van der Waals surface area contributed by atoms with Crippen LogP contribution >= 0.6 is 12.4 Å². The van der Waals surface area contributed by atoms with Crippen LogP contribution in [0.4, 0.5) is 0 Å². The Hall–Kier alpha value is -0.940.